The highest BCUT2D eigenvalue weighted by molar-refractivity contribution is 5.90. The molecule has 1 rings (SSSR count). The number of hydrogen-bond donors (Lipinski definition) is 3. The van der Waals surface area contributed by atoms with Crippen LogP contribution < -0.4 is 11.1 Å². The van der Waals surface area contributed by atoms with Gasteiger partial charge in [0.05, 0.1) is 29.6 Å². The molecule has 0 saturated carbocycles. The molecule has 18 heavy (non-hydrogen) atoms. The number of rotatable bonds is 6. The van der Waals surface area contributed by atoms with Crippen LogP contribution in [0.25, 0.3) is 0 Å². The molecule has 0 fully saturated rings. The molecule has 5 heteroatoms. The number of hydrogen-bond acceptors (Lipinski definition) is 4. The molecule has 0 heterocycles. The number of methoxy groups -OCH3 is 1. The van der Waals surface area contributed by atoms with Crippen molar-refractivity contribution in [3.8, 4) is 0 Å². The van der Waals surface area contributed by atoms with Crippen LogP contribution in [0.15, 0.2) is 18.2 Å². The van der Waals surface area contributed by atoms with Crippen molar-refractivity contribution in [1.29, 1.82) is 0 Å². The number of carboxylic acids is 1. The molecular formula is C13H20N2O3. The van der Waals surface area contributed by atoms with E-state index in [-0.39, 0.29) is 11.6 Å². The summed E-state index contributed by atoms with van der Waals surface area (Å²) in [5.41, 5.74) is 7.21. The molecule has 0 saturated heterocycles. The van der Waals surface area contributed by atoms with E-state index < -0.39 is 5.97 Å². The minimum absolute atomic E-state index is 0.0846. The van der Waals surface area contributed by atoms with Crippen molar-refractivity contribution >= 4 is 17.3 Å². The zero-order valence-electron chi connectivity index (χ0n) is 10.9. The summed E-state index contributed by atoms with van der Waals surface area (Å²) in [7, 11) is 1.63. The van der Waals surface area contributed by atoms with Crippen molar-refractivity contribution in [3.63, 3.8) is 0 Å². The summed E-state index contributed by atoms with van der Waals surface area (Å²) in [6.45, 7) is 4.66. The van der Waals surface area contributed by atoms with E-state index in [1.807, 2.05) is 0 Å². The Kier molecular flexibility index (Phi) is 4.97. The first-order valence-electron chi connectivity index (χ1n) is 5.84. The zero-order valence-corrected chi connectivity index (χ0v) is 10.9. The molecule has 1 atom stereocenters. The molecule has 4 N–H and O–H groups in total. The fourth-order valence-electron chi connectivity index (χ4n) is 1.59. The Morgan fingerprint density at radius 3 is 2.67 bits per heavy atom. The van der Waals surface area contributed by atoms with E-state index in [0.29, 0.717) is 23.9 Å². The normalized spacial score (nSPS) is 12.4. The smallest absolute Gasteiger partial charge is 0.335 e. The van der Waals surface area contributed by atoms with Crippen molar-refractivity contribution in [2.75, 3.05) is 24.8 Å². The van der Waals surface area contributed by atoms with Crippen molar-refractivity contribution < 1.29 is 14.6 Å². The highest BCUT2D eigenvalue weighted by Gasteiger charge is 2.15. The van der Waals surface area contributed by atoms with Gasteiger partial charge in [0.2, 0.25) is 0 Å². The van der Waals surface area contributed by atoms with Crippen molar-refractivity contribution in [3.05, 3.63) is 23.8 Å². The van der Waals surface area contributed by atoms with Gasteiger partial charge in [0, 0.05) is 7.11 Å². The van der Waals surface area contributed by atoms with Crippen LogP contribution in [-0.2, 0) is 4.74 Å². The maximum absolute atomic E-state index is 10.9. The quantitative estimate of drug-likeness (QED) is 0.675. The number of nitrogens with one attached hydrogen (secondary N) is 1. The van der Waals surface area contributed by atoms with Crippen LogP contribution in [0.1, 0.15) is 24.2 Å². The van der Waals surface area contributed by atoms with E-state index in [2.05, 4.69) is 19.2 Å². The van der Waals surface area contributed by atoms with E-state index >= 15 is 0 Å². The highest BCUT2D eigenvalue weighted by atomic mass is 16.5. The van der Waals surface area contributed by atoms with Crippen molar-refractivity contribution in [2.45, 2.75) is 19.9 Å². The van der Waals surface area contributed by atoms with Gasteiger partial charge >= 0.3 is 5.97 Å². The maximum Gasteiger partial charge on any atom is 0.335 e. The van der Waals surface area contributed by atoms with Gasteiger partial charge in [-0.3, -0.25) is 0 Å². The van der Waals surface area contributed by atoms with Crippen LogP contribution in [0.2, 0.25) is 0 Å². The van der Waals surface area contributed by atoms with Gasteiger partial charge < -0.3 is 20.9 Å². The second-order valence-electron chi connectivity index (χ2n) is 4.56. The molecule has 0 aliphatic rings. The lowest BCUT2D eigenvalue weighted by molar-refractivity contribution is 0.0697. The number of anilines is 2. The Hall–Kier alpha value is -1.75. The van der Waals surface area contributed by atoms with Gasteiger partial charge in [-0.05, 0) is 24.1 Å². The fraction of sp³-hybridized carbons (Fsp3) is 0.462. The van der Waals surface area contributed by atoms with Gasteiger partial charge in [-0.15, -0.1) is 0 Å². The lowest BCUT2D eigenvalue weighted by Crippen LogP contribution is -2.30. The van der Waals surface area contributed by atoms with Gasteiger partial charge in [0.25, 0.3) is 0 Å². The molecule has 100 valence electrons. The first kappa shape index (κ1) is 14.3. The molecule has 1 aromatic rings. The SMILES string of the molecule is COCC(Nc1cc(C(=O)O)ccc1N)C(C)C. The summed E-state index contributed by atoms with van der Waals surface area (Å²) in [5.74, 6) is -0.622. The summed E-state index contributed by atoms with van der Waals surface area (Å²) < 4.78 is 5.14. The number of ether oxygens (including phenoxy) is 1. The molecule has 0 aromatic heterocycles. The van der Waals surface area contributed by atoms with Gasteiger partial charge in [-0.25, -0.2) is 4.79 Å². The van der Waals surface area contributed by atoms with Gasteiger partial charge in [0.15, 0.2) is 0 Å². The Labute approximate surface area is 107 Å². The van der Waals surface area contributed by atoms with E-state index in [1.165, 1.54) is 6.07 Å². The van der Waals surface area contributed by atoms with Crippen LogP contribution >= 0.6 is 0 Å². The second-order valence-corrected chi connectivity index (χ2v) is 4.56. The van der Waals surface area contributed by atoms with Crippen LogP contribution in [0.5, 0.6) is 0 Å². The first-order chi connectivity index (χ1) is 8.45. The van der Waals surface area contributed by atoms with Gasteiger partial charge in [0.1, 0.15) is 0 Å². The highest BCUT2D eigenvalue weighted by Crippen LogP contribution is 2.22. The molecule has 0 amide bonds. The minimum Gasteiger partial charge on any atom is -0.478 e. The van der Waals surface area contributed by atoms with Crippen molar-refractivity contribution in [1.82, 2.24) is 0 Å². The van der Waals surface area contributed by atoms with E-state index in [1.54, 1.807) is 19.2 Å². The zero-order chi connectivity index (χ0) is 13.7. The predicted octanol–water partition coefficient (Wildman–Crippen LogP) is 2.05. The van der Waals surface area contributed by atoms with Crippen LogP contribution in [0, 0.1) is 5.92 Å². The number of benzene rings is 1. The minimum atomic E-state index is -0.967. The number of carboxylic acid groups (broad SMARTS) is 1. The Morgan fingerprint density at radius 1 is 1.50 bits per heavy atom. The second kappa shape index (κ2) is 6.26. The van der Waals surface area contributed by atoms with Gasteiger partial charge in [-0.1, -0.05) is 13.8 Å². The molecule has 0 bridgehead atoms. The molecule has 0 aliphatic carbocycles. The fourth-order valence-corrected chi connectivity index (χ4v) is 1.59. The van der Waals surface area contributed by atoms with E-state index in [9.17, 15) is 4.79 Å². The number of carbonyl (C=O) groups is 1. The molecule has 5 nitrogen and oxygen atoms in total. The molecule has 0 radical (unpaired) electrons. The Morgan fingerprint density at radius 2 is 2.17 bits per heavy atom. The molecule has 0 aliphatic heterocycles. The molecule has 0 spiro atoms. The lowest BCUT2D eigenvalue weighted by atomic mass is 10.0. The topological polar surface area (TPSA) is 84.6 Å². The Balaban J connectivity index is 2.93. The largest absolute Gasteiger partial charge is 0.478 e. The van der Waals surface area contributed by atoms with Crippen LogP contribution in [0.3, 0.4) is 0 Å². The number of nitrogens with two attached hydrogens (primary N) is 1. The standard InChI is InChI=1S/C13H20N2O3/c1-8(2)12(7-18-3)15-11-6-9(13(16)17)4-5-10(11)14/h4-6,8,12,15H,7,14H2,1-3H3,(H,16,17). The third kappa shape index (κ3) is 3.63. The number of aromatic carboxylic acids is 1. The summed E-state index contributed by atoms with van der Waals surface area (Å²) in [6, 6.07) is 4.71. The summed E-state index contributed by atoms with van der Waals surface area (Å²) in [4.78, 5) is 10.9. The Bertz CT molecular complexity index is 419. The van der Waals surface area contributed by atoms with Crippen molar-refractivity contribution in [2.24, 2.45) is 5.92 Å². The summed E-state index contributed by atoms with van der Waals surface area (Å²) in [5, 5.41) is 12.2. The average Bonchev–Trinajstić information content (AvgIpc) is 2.30. The van der Waals surface area contributed by atoms with E-state index in [0.717, 1.165) is 0 Å². The maximum atomic E-state index is 10.9. The van der Waals surface area contributed by atoms with Crippen LogP contribution in [-0.4, -0.2) is 30.8 Å². The molecule has 1 unspecified atom stereocenters. The van der Waals surface area contributed by atoms with Crippen LogP contribution in [0.4, 0.5) is 11.4 Å². The first-order valence-corrected chi connectivity index (χ1v) is 5.84. The summed E-state index contributed by atoms with van der Waals surface area (Å²) >= 11 is 0. The third-order valence-corrected chi connectivity index (χ3v) is 2.79. The molecule has 1 aromatic carbocycles. The van der Waals surface area contributed by atoms with Gasteiger partial charge in [-0.2, -0.15) is 0 Å². The predicted molar refractivity (Wildman–Crippen MR) is 71.9 cm³/mol. The third-order valence-electron chi connectivity index (χ3n) is 2.79. The average molecular weight is 252 g/mol. The molecular weight excluding hydrogens is 232 g/mol. The monoisotopic (exact) mass is 252 g/mol. The lowest BCUT2D eigenvalue weighted by Gasteiger charge is -2.23. The number of nitrogen functional groups attached to an aromatic ring is 1. The summed E-state index contributed by atoms with van der Waals surface area (Å²) in [6.07, 6.45) is 0. The van der Waals surface area contributed by atoms with E-state index in [4.69, 9.17) is 15.6 Å².